The van der Waals surface area contributed by atoms with Crippen molar-refractivity contribution in [3.63, 3.8) is 0 Å². The number of ether oxygens (including phenoxy) is 1. The van der Waals surface area contributed by atoms with Crippen LogP contribution in [0.15, 0.2) is 5.10 Å². The van der Waals surface area contributed by atoms with E-state index in [0.717, 1.165) is 12.8 Å². The topological polar surface area (TPSA) is 59.0 Å². The summed E-state index contributed by atoms with van der Waals surface area (Å²) in [6, 6.07) is -0.242. The summed E-state index contributed by atoms with van der Waals surface area (Å²) in [5.41, 5.74) is 0.419. The highest BCUT2D eigenvalue weighted by Crippen LogP contribution is 2.31. The Labute approximate surface area is 94.4 Å². The Hall–Kier alpha value is -1.39. The molecule has 2 rings (SSSR count). The maximum Gasteiger partial charge on any atom is 0.354 e. The SMILES string of the molecule is CCOC(=O)C1=NN(C)C2C(=O)CCCC12. The Morgan fingerprint density at radius 1 is 1.62 bits per heavy atom. The highest BCUT2D eigenvalue weighted by Gasteiger charge is 2.45. The first-order chi connectivity index (χ1) is 7.65. The van der Waals surface area contributed by atoms with E-state index in [4.69, 9.17) is 4.74 Å². The van der Waals surface area contributed by atoms with Crippen LogP contribution in [0.25, 0.3) is 0 Å². The van der Waals surface area contributed by atoms with Crippen molar-refractivity contribution in [1.82, 2.24) is 5.01 Å². The van der Waals surface area contributed by atoms with Crippen molar-refractivity contribution in [2.75, 3.05) is 13.7 Å². The summed E-state index contributed by atoms with van der Waals surface area (Å²) in [7, 11) is 1.74. The van der Waals surface area contributed by atoms with Gasteiger partial charge in [0.2, 0.25) is 0 Å². The average Bonchev–Trinajstić information content (AvgIpc) is 2.58. The first kappa shape index (κ1) is 11.1. The molecule has 1 aliphatic carbocycles. The highest BCUT2D eigenvalue weighted by atomic mass is 16.5. The molecule has 2 aliphatic rings. The van der Waals surface area contributed by atoms with Crippen molar-refractivity contribution in [1.29, 1.82) is 0 Å². The maximum atomic E-state index is 11.7. The second kappa shape index (κ2) is 4.23. The van der Waals surface area contributed by atoms with E-state index in [0.29, 0.717) is 18.7 Å². The van der Waals surface area contributed by atoms with Gasteiger partial charge in [-0.1, -0.05) is 0 Å². The van der Waals surface area contributed by atoms with E-state index in [1.165, 1.54) is 0 Å². The summed E-state index contributed by atoms with van der Waals surface area (Å²) >= 11 is 0. The van der Waals surface area contributed by atoms with Crippen LogP contribution in [0.3, 0.4) is 0 Å². The fourth-order valence-electron chi connectivity index (χ4n) is 2.48. The van der Waals surface area contributed by atoms with Gasteiger partial charge in [0.25, 0.3) is 0 Å². The van der Waals surface area contributed by atoms with E-state index in [1.807, 2.05) is 0 Å². The van der Waals surface area contributed by atoms with Crippen molar-refractivity contribution < 1.29 is 14.3 Å². The summed E-state index contributed by atoms with van der Waals surface area (Å²) < 4.78 is 4.95. The largest absolute Gasteiger partial charge is 0.461 e. The molecule has 0 saturated heterocycles. The van der Waals surface area contributed by atoms with Crippen LogP contribution in [0.4, 0.5) is 0 Å². The maximum absolute atomic E-state index is 11.7. The first-order valence-corrected chi connectivity index (χ1v) is 5.66. The normalized spacial score (nSPS) is 28.8. The lowest BCUT2D eigenvalue weighted by molar-refractivity contribution is -0.135. The second-order valence-corrected chi connectivity index (χ2v) is 4.19. The number of hydrogen-bond acceptors (Lipinski definition) is 5. The van der Waals surface area contributed by atoms with Crippen molar-refractivity contribution >= 4 is 17.5 Å². The van der Waals surface area contributed by atoms with Crippen LogP contribution in [0.1, 0.15) is 26.2 Å². The lowest BCUT2D eigenvalue weighted by atomic mass is 9.81. The van der Waals surface area contributed by atoms with Gasteiger partial charge < -0.3 is 4.74 Å². The smallest absolute Gasteiger partial charge is 0.354 e. The van der Waals surface area contributed by atoms with Crippen molar-refractivity contribution in [3.8, 4) is 0 Å². The van der Waals surface area contributed by atoms with E-state index in [9.17, 15) is 9.59 Å². The fraction of sp³-hybridized carbons (Fsp3) is 0.727. The average molecular weight is 224 g/mol. The molecule has 0 amide bonds. The number of carbonyl (C=O) groups excluding carboxylic acids is 2. The summed E-state index contributed by atoms with van der Waals surface area (Å²) in [5.74, 6) is -0.261. The molecular formula is C11H16N2O3. The van der Waals surface area contributed by atoms with Crippen LogP contribution in [-0.2, 0) is 14.3 Å². The standard InChI is InChI=1S/C11H16N2O3/c1-3-16-11(15)9-7-5-4-6-8(14)10(7)13(2)12-9/h7,10H,3-6H2,1-2H3. The summed E-state index contributed by atoms with van der Waals surface area (Å²) in [5, 5.41) is 5.77. The van der Waals surface area contributed by atoms with Gasteiger partial charge in [-0.25, -0.2) is 4.79 Å². The molecular weight excluding hydrogens is 208 g/mol. The van der Waals surface area contributed by atoms with Crippen LogP contribution in [0.2, 0.25) is 0 Å². The number of ketones is 1. The van der Waals surface area contributed by atoms with Gasteiger partial charge in [-0.05, 0) is 19.8 Å². The zero-order chi connectivity index (χ0) is 11.7. The van der Waals surface area contributed by atoms with E-state index in [1.54, 1.807) is 19.0 Å². The third-order valence-electron chi connectivity index (χ3n) is 3.15. The highest BCUT2D eigenvalue weighted by molar-refractivity contribution is 6.38. The molecule has 2 unspecified atom stereocenters. The quantitative estimate of drug-likeness (QED) is 0.644. The predicted octanol–water partition coefficient (Wildman–Crippen LogP) is 0.589. The molecule has 0 aromatic heterocycles. The van der Waals surface area contributed by atoms with Gasteiger partial charge in [0.1, 0.15) is 6.04 Å². The number of fused-ring (bicyclic) bond motifs is 1. The molecule has 1 heterocycles. The zero-order valence-electron chi connectivity index (χ0n) is 9.60. The number of likely N-dealkylation sites (N-methyl/N-ethyl adjacent to an activating group) is 1. The predicted molar refractivity (Wildman–Crippen MR) is 58.0 cm³/mol. The number of hydrazone groups is 1. The number of Topliss-reactive ketones (excluding diaryl/α,β-unsaturated/α-hetero) is 1. The molecule has 1 fully saturated rings. The van der Waals surface area contributed by atoms with Gasteiger partial charge in [-0.3, -0.25) is 9.80 Å². The van der Waals surface area contributed by atoms with Crippen molar-refractivity contribution in [2.45, 2.75) is 32.2 Å². The monoisotopic (exact) mass is 224 g/mol. The molecule has 0 aromatic rings. The van der Waals surface area contributed by atoms with Gasteiger partial charge in [0.15, 0.2) is 11.5 Å². The van der Waals surface area contributed by atoms with E-state index < -0.39 is 0 Å². The second-order valence-electron chi connectivity index (χ2n) is 4.19. The molecule has 1 aliphatic heterocycles. The van der Waals surface area contributed by atoms with Crippen LogP contribution in [-0.4, -0.2) is 42.2 Å². The van der Waals surface area contributed by atoms with Crippen LogP contribution >= 0.6 is 0 Å². The lowest BCUT2D eigenvalue weighted by Crippen LogP contribution is -2.42. The van der Waals surface area contributed by atoms with Gasteiger partial charge in [0.05, 0.1) is 6.61 Å². The fourth-order valence-corrected chi connectivity index (χ4v) is 2.48. The Morgan fingerprint density at radius 2 is 2.38 bits per heavy atom. The van der Waals surface area contributed by atoms with Gasteiger partial charge >= 0.3 is 5.97 Å². The van der Waals surface area contributed by atoms with Gasteiger partial charge in [0, 0.05) is 19.4 Å². The van der Waals surface area contributed by atoms with E-state index in [-0.39, 0.29) is 23.7 Å². The van der Waals surface area contributed by atoms with Gasteiger partial charge in [-0.2, -0.15) is 5.10 Å². The van der Waals surface area contributed by atoms with Crippen LogP contribution in [0.5, 0.6) is 0 Å². The number of carbonyl (C=O) groups is 2. The molecule has 88 valence electrons. The molecule has 5 heteroatoms. The Kier molecular flexibility index (Phi) is 2.94. The molecule has 0 bridgehead atoms. The van der Waals surface area contributed by atoms with E-state index in [2.05, 4.69) is 5.10 Å². The number of hydrogen-bond donors (Lipinski definition) is 0. The molecule has 1 saturated carbocycles. The third-order valence-corrected chi connectivity index (χ3v) is 3.15. The number of esters is 1. The first-order valence-electron chi connectivity index (χ1n) is 5.66. The zero-order valence-corrected chi connectivity index (χ0v) is 9.60. The lowest BCUT2D eigenvalue weighted by Gasteiger charge is -2.27. The van der Waals surface area contributed by atoms with E-state index >= 15 is 0 Å². The van der Waals surface area contributed by atoms with Crippen molar-refractivity contribution in [3.05, 3.63) is 0 Å². The molecule has 2 atom stereocenters. The number of nitrogens with zero attached hydrogens (tertiary/aromatic N) is 2. The molecule has 5 nitrogen and oxygen atoms in total. The summed E-state index contributed by atoms with van der Waals surface area (Å²) in [4.78, 5) is 23.4. The Balaban J connectivity index is 2.19. The summed E-state index contributed by atoms with van der Waals surface area (Å²) in [6.07, 6.45) is 2.28. The third kappa shape index (κ3) is 1.70. The molecule has 0 N–H and O–H groups in total. The summed E-state index contributed by atoms with van der Waals surface area (Å²) in [6.45, 7) is 2.10. The van der Waals surface area contributed by atoms with Crippen LogP contribution < -0.4 is 0 Å². The minimum Gasteiger partial charge on any atom is -0.461 e. The van der Waals surface area contributed by atoms with Gasteiger partial charge in [-0.15, -0.1) is 0 Å². The minimum absolute atomic E-state index is 0.0645. The molecule has 0 spiro atoms. The Bertz CT molecular complexity index is 351. The van der Waals surface area contributed by atoms with Crippen LogP contribution in [0, 0.1) is 5.92 Å². The minimum atomic E-state index is -0.378. The molecule has 16 heavy (non-hydrogen) atoms. The molecule has 0 aromatic carbocycles. The molecule has 0 radical (unpaired) electrons. The Morgan fingerprint density at radius 3 is 3.06 bits per heavy atom. The number of rotatable bonds is 2. The van der Waals surface area contributed by atoms with Crippen molar-refractivity contribution in [2.24, 2.45) is 11.0 Å².